The molecule has 4 rings (SSSR count). The van der Waals surface area contributed by atoms with Gasteiger partial charge >= 0.3 is 0 Å². The average Bonchev–Trinajstić information content (AvgIpc) is 3.08. The van der Waals surface area contributed by atoms with Gasteiger partial charge in [-0.25, -0.2) is 4.98 Å². The van der Waals surface area contributed by atoms with Crippen LogP contribution in [0, 0.1) is 0 Å². The van der Waals surface area contributed by atoms with Crippen LogP contribution in [0.5, 0.6) is 0 Å². The van der Waals surface area contributed by atoms with Gasteiger partial charge in [-0.3, -0.25) is 4.40 Å². The number of hydrogen-bond acceptors (Lipinski definition) is 4. The van der Waals surface area contributed by atoms with Gasteiger partial charge in [0, 0.05) is 34.1 Å². The smallest absolute Gasteiger partial charge is 0.194 e. The van der Waals surface area contributed by atoms with E-state index in [0.717, 1.165) is 26.4 Å². The lowest BCUT2D eigenvalue weighted by atomic mass is 10.4. The largest absolute Gasteiger partial charge is 0.308 e. The predicted octanol–water partition coefficient (Wildman–Crippen LogP) is 4.45. The predicted molar refractivity (Wildman–Crippen MR) is 88.5 cm³/mol. The van der Waals surface area contributed by atoms with Crippen LogP contribution in [0.2, 0.25) is 5.02 Å². The van der Waals surface area contributed by atoms with E-state index in [1.54, 1.807) is 23.1 Å². The van der Waals surface area contributed by atoms with Gasteiger partial charge in [-0.2, -0.15) is 0 Å². The molecule has 2 aromatic heterocycles. The van der Waals surface area contributed by atoms with E-state index in [4.69, 9.17) is 16.6 Å². The average molecular weight is 336 g/mol. The van der Waals surface area contributed by atoms with Crippen molar-refractivity contribution < 1.29 is 0 Å². The molecule has 0 saturated heterocycles. The second-order valence-corrected chi connectivity index (χ2v) is 7.51. The topological polar surface area (TPSA) is 29.3 Å². The molecule has 0 bridgehead atoms. The first kappa shape index (κ1) is 13.6. The van der Waals surface area contributed by atoms with Crippen molar-refractivity contribution in [3.8, 4) is 0 Å². The molecule has 21 heavy (non-hydrogen) atoms. The van der Waals surface area contributed by atoms with Crippen LogP contribution in [0.3, 0.4) is 0 Å². The summed E-state index contributed by atoms with van der Waals surface area (Å²) in [4.78, 5) is 6.93. The monoisotopic (exact) mass is 335 g/mol. The van der Waals surface area contributed by atoms with Gasteiger partial charge < -0.3 is 5.32 Å². The highest BCUT2D eigenvalue weighted by atomic mass is 35.5. The molecule has 0 amide bonds. The number of halogens is 1. The maximum absolute atomic E-state index is 6.07. The number of imidazole rings is 1. The summed E-state index contributed by atoms with van der Waals surface area (Å²) in [5.74, 6) is 0. The Labute approximate surface area is 136 Å². The Morgan fingerprint density at radius 3 is 3.14 bits per heavy atom. The summed E-state index contributed by atoms with van der Waals surface area (Å²) in [6, 6.07) is 8.62. The molecule has 1 aromatic carbocycles. The second-order valence-electron chi connectivity index (χ2n) is 5.13. The summed E-state index contributed by atoms with van der Waals surface area (Å²) in [7, 11) is 0. The first-order valence-corrected chi connectivity index (χ1v) is 8.98. The van der Waals surface area contributed by atoms with Crippen LogP contribution in [0.25, 0.3) is 4.96 Å². The van der Waals surface area contributed by atoms with E-state index in [2.05, 4.69) is 27.4 Å². The lowest BCUT2D eigenvalue weighted by Gasteiger charge is -2.05. The molecule has 0 unspecified atom stereocenters. The Morgan fingerprint density at radius 2 is 2.33 bits per heavy atom. The maximum Gasteiger partial charge on any atom is 0.194 e. The first-order chi connectivity index (χ1) is 10.3. The summed E-state index contributed by atoms with van der Waals surface area (Å²) in [5, 5.41) is 7.49. The van der Waals surface area contributed by atoms with Crippen molar-refractivity contribution in [1.82, 2.24) is 14.7 Å². The zero-order valence-electron chi connectivity index (χ0n) is 11.3. The molecule has 1 N–H and O–H groups in total. The van der Waals surface area contributed by atoms with E-state index in [0.29, 0.717) is 6.04 Å². The Morgan fingerprint density at radius 1 is 1.43 bits per heavy atom. The van der Waals surface area contributed by atoms with Gasteiger partial charge in [0.1, 0.15) is 5.03 Å². The molecule has 0 atom stereocenters. The summed E-state index contributed by atoms with van der Waals surface area (Å²) in [6.07, 6.45) is 4.68. The molecule has 0 radical (unpaired) electrons. The van der Waals surface area contributed by atoms with Gasteiger partial charge in [0.2, 0.25) is 0 Å². The van der Waals surface area contributed by atoms with Gasteiger partial charge in [-0.05, 0) is 31.0 Å². The van der Waals surface area contributed by atoms with Crippen molar-refractivity contribution in [2.75, 3.05) is 0 Å². The number of benzene rings is 1. The quantitative estimate of drug-likeness (QED) is 0.746. The Kier molecular flexibility index (Phi) is 3.67. The van der Waals surface area contributed by atoms with Crippen molar-refractivity contribution in [2.45, 2.75) is 35.3 Å². The lowest BCUT2D eigenvalue weighted by molar-refractivity contribution is 0.661. The molecule has 0 spiro atoms. The van der Waals surface area contributed by atoms with E-state index >= 15 is 0 Å². The fourth-order valence-corrected chi connectivity index (χ4v) is 4.25. The van der Waals surface area contributed by atoms with E-state index in [9.17, 15) is 0 Å². The van der Waals surface area contributed by atoms with Crippen LogP contribution in [0.4, 0.5) is 0 Å². The maximum atomic E-state index is 6.07. The Bertz CT molecular complexity index is 776. The molecule has 3 aromatic rings. The number of thiazole rings is 1. The molecule has 1 aliphatic rings. The van der Waals surface area contributed by atoms with Gasteiger partial charge in [0.05, 0.1) is 5.69 Å². The number of hydrogen-bond donors (Lipinski definition) is 1. The van der Waals surface area contributed by atoms with E-state index in [-0.39, 0.29) is 0 Å². The Hall–Kier alpha value is -1.01. The summed E-state index contributed by atoms with van der Waals surface area (Å²) < 4.78 is 2.19. The van der Waals surface area contributed by atoms with Gasteiger partial charge in [-0.15, -0.1) is 11.3 Å². The highest BCUT2D eigenvalue weighted by Crippen LogP contribution is 2.33. The third kappa shape index (κ3) is 2.97. The minimum Gasteiger partial charge on any atom is -0.308 e. The normalized spacial score (nSPS) is 14.9. The van der Waals surface area contributed by atoms with Crippen LogP contribution in [0.15, 0.2) is 45.8 Å². The third-order valence-corrected chi connectivity index (χ3v) is 5.47. The van der Waals surface area contributed by atoms with Crippen LogP contribution >= 0.6 is 34.7 Å². The number of nitrogens with zero attached hydrogens (tertiary/aromatic N) is 2. The first-order valence-electron chi connectivity index (χ1n) is 6.91. The van der Waals surface area contributed by atoms with Crippen molar-refractivity contribution in [3.63, 3.8) is 0 Å². The molecule has 6 heteroatoms. The second kappa shape index (κ2) is 5.65. The molecule has 1 fully saturated rings. The van der Waals surface area contributed by atoms with Crippen molar-refractivity contribution in [3.05, 3.63) is 46.6 Å². The SMILES string of the molecule is Clc1cccc(Sc2nc3sccn3c2CNC2CC2)c1. The van der Waals surface area contributed by atoms with Crippen molar-refractivity contribution in [1.29, 1.82) is 0 Å². The molecule has 108 valence electrons. The van der Waals surface area contributed by atoms with Gasteiger partial charge in [0.15, 0.2) is 4.96 Å². The van der Waals surface area contributed by atoms with Crippen LogP contribution in [0.1, 0.15) is 18.5 Å². The fourth-order valence-electron chi connectivity index (χ4n) is 2.23. The van der Waals surface area contributed by atoms with E-state index in [1.807, 2.05) is 18.2 Å². The molecular formula is C15H14ClN3S2. The third-order valence-electron chi connectivity index (χ3n) is 3.47. The minimum absolute atomic E-state index is 0.693. The molecule has 2 heterocycles. The summed E-state index contributed by atoms with van der Waals surface area (Å²) >= 11 is 9.42. The van der Waals surface area contributed by atoms with Crippen LogP contribution in [-0.2, 0) is 6.54 Å². The van der Waals surface area contributed by atoms with Crippen molar-refractivity contribution in [2.24, 2.45) is 0 Å². The number of fused-ring (bicyclic) bond motifs is 1. The molecular weight excluding hydrogens is 322 g/mol. The number of aromatic nitrogens is 2. The molecule has 3 nitrogen and oxygen atoms in total. The highest BCUT2D eigenvalue weighted by molar-refractivity contribution is 7.99. The van der Waals surface area contributed by atoms with Crippen LogP contribution in [-0.4, -0.2) is 15.4 Å². The van der Waals surface area contributed by atoms with Crippen LogP contribution < -0.4 is 5.32 Å². The minimum atomic E-state index is 0.693. The zero-order valence-corrected chi connectivity index (χ0v) is 13.6. The van der Waals surface area contributed by atoms with E-state index < -0.39 is 0 Å². The Balaban J connectivity index is 1.65. The lowest BCUT2D eigenvalue weighted by Crippen LogP contribution is -2.16. The summed E-state index contributed by atoms with van der Waals surface area (Å²) in [6.45, 7) is 0.867. The van der Waals surface area contributed by atoms with E-state index in [1.165, 1.54) is 18.5 Å². The zero-order chi connectivity index (χ0) is 14.2. The fraction of sp³-hybridized carbons (Fsp3) is 0.267. The molecule has 1 saturated carbocycles. The molecule has 1 aliphatic carbocycles. The number of rotatable bonds is 5. The van der Waals surface area contributed by atoms with Gasteiger partial charge in [0.25, 0.3) is 0 Å². The molecule has 0 aliphatic heterocycles. The standard InChI is InChI=1S/C15H14ClN3S2/c16-10-2-1-3-12(8-10)21-14-13(9-17-11-4-5-11)19-6-7-20-15(19)18-14/h1-3,6-8,11,17H,4-5,9H2. The highest BCUT2D eigenvalue weighted by Gasteiger charge is 2.22. The number of nitrogens with one attached hydrogen (secondary N) is 1. The van der Waals surface area contributed by atoms with Crippen molar-refractivity contribution >= 4 is 39.7 Å². The summed E-state index contributed by atoms with van der Waals surface area (Å²) in [5.41, 5.74) is 1.24. The van der Waals surface area contributed by atoms with Gasteiger partial charge in [-0.1, -0.05) is 29.4 Å².